The molecule has 118 valence electrons. The average Bonchev–Trinajstić information content (AvgIpc) is 3.00. The Morgan fingerprint density at radius 3 is 2.76 bits per heavy atom. The van der Waals surface area contributed by atoms with E-state index in [0.29, 0.717) is 6.10 Å². The molecule has 1 N–H and O–H groups in total. The van der Waals surface area contributed by atoms with Gasteiger partial charge in [-0.1, -0.05) is 12.1 Å². The van der Waals surface area contributed by atoms with Crippen LogP contribution in [-0.4, -0.2) is 46.6 Å². The molecule has 0 spiro atoms. The molecule has 0 bridgehead atoms. The number of nitrogens with zero attached hydrogens (tertiary/aromatic N) is 1. The minimum atomic E-state index is 0.341. The van der Waals surface area contributed by atoms with Gasteiger partial charge in [-0.05, 0) is 43.5 Å². The second-order valence-electron chi connectivity index (χ2n) is 5.80. The highest BCUT2D eigenvalue weighted by molar-refractivity contribution is 5.45. The van der Waals surface area contributed by atoms with Crippen molar-refractivity contribution < 1.29 is 9.47 Å². The van der Waals surface area contributed by atoms with E-state index in [1.165, 1.54) is 17.7 Å². The van der Waals surface area contributed by atoms with Gasteiger partial charge in [0.25, 0.3) is 0 Å². The lowest BCUT2D eigenvalue weighted by molar-refractivity contribution is 0.0166. The van der Waals surface area contributed by atoms with Crippen LogP contribution in [0.4, 0.5) is 5.69 Å². The lowest BCUT2D eigenvalue weighted by atomic mass is 10.2. The van der Waals surface area contributed by atoms with E-state index in [-0.39, 0.29) is 0 Å². The molecule has 1 aliphatic rings. The Morgan fingerprint density at radius 1 is 1.29 bits per heavy atom. The molecule has 0 amide bonds. The van der Waals surface area contributed by atoms with E-state index in [2.05, 4.69) is 48.6 Å². The summed E-state index contributed by atoms with van der Waals surface area (Å²) in [5.74, 6) is 0. The molecule has 1 atom stereocenters. The smallest absolute Gasteiger partial charge is 0.0809 e. The first-order valence-corrected chi connectivity index (χ1v) is 7.92. The first kappa shape index (κ1) is 16.3. The predicted molar refractivity (Wildman–Crippen MR) is 86.9 cm³/mol. The highest BCUT2D eigenvalue weighted by Crippen LogP contribution is 2.12. The number of nitrogens with one attached hydrogen (secondary N) is 1. The quantitative estimate of drug-likeness (QED) is 0.709. The van der Waals surface area contributed by atoms with Crippen molar-refractivity contribution in [1.29, 1.82) is 0 Å². The monoisotopic (exact) mass is 292 g/mol. The van der Waals surface area contributed by atoms with E-state index < -0.39 is 0 Å². The van der Waals surface area contributed by atoms with Crippen LogP contribution in [-0.2, 0) is 16.0 Å². The Hall–Kier alpha value is -1.10. The van der Waals surface area contributed by atoms with Crippen molar-refractivity contribution in [3.8, 4) is 0 Å². The SMILES string of the molecule is CN(C)c1ccc(CNCCCOCC2CCCO2)cc1. The van der Waals surface area contributed by atoms with E-state index in [4.69, 9.17) is 9.47 Å². The van der Waals surface area contributed by atoms with Gasteiger partial charge in [-0.25, -0.2) is 0 Å². The maximum atomic E-state index is 5.64. The van der Waals surface area contributed by atoms with E-state index in [1.54, 1.807) is 0 Å². The van der Waals surface area contributed by atoms with Crippen molar-refractivity contribution in [2.24, 2.45) is 0 Å². The maximum Gasteiger partial charge on any atom is 0.0809 e. The number of rotatable bonds is 9. The third-order valence-electron chi connectivity index (χ3n) is 3.75. The highest BCUT2D eigenvalue weighted by atomic mass is 16.5. The van der Waals surface area contributed by atoms with E-state index in [9.17, 15) is 0 Å². The standard InChI is InChI=1S/C17H28N2O2/c1-19(2)16-8-6-15(7-9-16)13-18-10-4-11-20-14-17-5-3-12-21-17/h6-9,17-18H,3-5,10-14H2,1-2H3. The minimum Gasteiger partial charge on any atom is -0.379 e. The molecule has 4 heteroatoms. The molecule has 0 aliphatic carbocycles. The van der Waals surface area contributed by atoms with Gasteiger partial charge in [-0.15, -0.1) is 0 Å². The van der Waals surface area contributed by atoms with Gasteiger partial charge in [0.15, 0.2) is 0 Å². The van der Waals surface area contributed by atoms with E-state index in [1.807, 2.05) is 0 Å². The van der Waals surface area contributed by atoms with Crippen molar-refractivity contribution in [2.45, 2.75) is 31.9 Å². The van der Waals surface area contributed by atoms with Crippen LogP contribution in [0.25, 0.3) is 0 Å². The molecule has 4 nitrogen and oxygen atoms in total. The van der Waals surface area contributed by atoms with Gasteiger partial charge in [0.05, 0.1) is 12.7 Å². The van der Waals surface area contributed by atoms with Gasteiger partial charge in [0, 0.05) is 39.5 Å². The van der Waals surface area contributed by atoms with Gasteiger partial charge in [-0.2, -0.15) is 0 Å². The first-order chi connectivity index (χ1) is 10.3. The van der Waals surface area contributed by atoms with Crippen LogP contribution in [0.2, 0.25) is 0 Å². The summed E-state index contributed by atoms with van der Waals surface area (Å²) in [4.78, 5) is 2.11. The zero-order valence-electron chi connectivity index (χ0n) is 13.3. The van der Waals surface area contributed by atoms with Crippen molar-refractivity contribution >= 4 is 5.69 Å². The molecule has 1 unspecified atom stereocenters. The molecule has 1 heterocycles. The molecule has 0 saturated carbocycles. The zero-order valence-corrected chi connectivity index (χ0v) is 13.3. The fourth-order valence-corrected chi connectivity index (χ4v) is 2.43. The summed E-state index contributed by atoms with van der Waals surface area (Å²) >= 11 is 0. The average molecular weight is 292 g/mol. The number of hydrogen-bond donors (Lipinski definition) is 1. The summed E-state index contributed by atoms with van der Waals surface area (Å²) in [5.41, 5.74) is 2.56. The maximum absolute atomic E-state index is 5.64. The van der Waals surface area contributed by atoms with Crippen molar-refractivity contribution in [3.63, 3.8) is 0 Å². The Kier molecular flexibility index (Phi) is 7.00. The highest BCUT2D eigenvalue weighted by Gasteiger charge is 2.14. The Morgan fingerprint density at radius 2 is 2.10 bits per heavy atom. The zero-order chi connectivity index (χ0) is 14.9. The molecule has 2 rings (SSSR count). The normalized spacial score (nSPS) is 18.1. The van der Waals surface area contributed by atoms with Gasteiger partial charge in [0.1, 0.15) is 0 Å². The molecule has 0 radical (unpaired) electrons. The van der Waals surface area contributed by atoms with Crippen LogP contribution in [0, 0.1) is 0 Å². The Balaban J connectivity index is 1.49. The number of benzene rings is 1. The summed E-state index contributed by atoms with van der Waals surface area (Å²) in [5, 5.41) is 3.45. The van der Waals surface area contributed by atoms with Gasteiger partial charge >= 0.3 is 0 Å². The third kappa shape index (κ3) is 6.04. The predicted octanol–water partition coefficient (Wildman–Crippen LogP) is 2.43. The number of hydrogen-bond acceptors (Lipinski definition) is 4. The van der Waals surface area contributed by atoms with Crippen LogP contribution < -0.4 is 10.2 Å². The summed E-state index contributed by atoms with van der Waals surface area (Å²) in [6.45, 7) is 4.38. The van der Waals surface area contributed by atoms with E-state index in [0.717, 1.165) is 45.8 Å². The number of anilines is 1. The topological polar surface area (TPSA) is 33.7 Å². The molecule has 1 aromatic rings. The van der Waals surface area contributed by atoms with Crippen LogP contribution in [0.15, 0.2) is 24.3 Å². The summed E-state index contributed by atoms with van der Waals surface area (Å²) in [7, 11) is 4.12. The van der Waals surface area contributed by atoms with Crippen LogP contribution >= 0.6 is 0 Å². The summed E-state index contributed by atoms with van der Waals surface area (Å²) in [6.07, 6.45) is 3.72. The van der Waals surface area contributed by atoms with Crippen molar-refractivity contribution in [3.05, 3.63) is 29.8 Å². The largest absolute Gasteiger partial charge is 0.379 e. The lowest BCUT2D eigenvalue weighted by Gasteiger charge is -2.13. The molecule has 1 saturated heterocycles. The third-order valence-corrected chi connectivity index (χ3v) is 3.75. The molecular weight excluding hydrogens is 264 g/mol. The second-order valence-corrected chi connectivity index (χ2v) is 5.80. The van der Waals surface area contributed by atoms with Crippen LogP contribution in [0.1, 0.15) is 24.8 Å². The van der Waals surface area contributed by atoms with Crippen LogP contribution in [0.5, 0.6) is 0 Å². The van der Waals surface area contributed by atoms with Crippen molar-refractivity contribution in [2.75, 3.05) is 45.4 Å². The fourth-order valence-electron chi connectivity index (χ4n) is 2.43. The molecule has 1 fully saturated rings. The Labute approximate surface area is 128 Å². The number of ether oxygens (including phenoxy) is 2. The Bertz CT molecular complexity index is 386. The molecule has 21 heavy (non-hydrogen) atoms. The minimum absolute atomic E-state index is 0.341. The lowest BCUT2D eigenvalue weighted by Crippen LogP contribution is -2.19. The molecule has 1 aliphatic heterocycles. The molecular formula is C17H28N2O2. The van der Waals surface area contributed by atoms with Gasteiger partial charge in [-0.3, -0.25) is 0 Å². The fraction of sp³-hybridized carbons (Fsp3) is 0.647. The summed E-state index contributed by atoms with van der Waals surface area (Å²) < 4.78 is 11.2. The summed E-state index contributed by atoms with van der Waals surface area (Å²) in [6, 6.07) is 8.66. The molecule has 0 aromatic heterocycles. The molecule has 1 aromatic carbocycles. The van der Waals surface area contributed by atoms with E-state index >= 15 is 0 Å². The second kappa shape index (κ2) is 9.03. The van der Waals surface area contributed by atoms with Gasteiger partial charge in [0.2, 0.25) is 0 Å². The van der Waals surface area contributed by atoms with Gasteiger partial charge < -0.3 is 19.7 Å². The van der Waals surface area contributed by atoms with Crippen LogP contribution in [0.3, 0.4) is 0 Å². The van der Waals surface area contributed by atoms with Crippen molar-refractivity contribution in [1.82, 2.24) is 5.32 Å². The first-order valence-electron chi connectivity index (χ1n) is 7.92.